The number of rotatable bonds is 2. The van der Waals surface area contributed by atoms with E-state index in [1.807, 2.05) is 24.4 Å². The number of carbonyl (C=O) groups is 1. The van der Waals surface area contributed by atoms with Gasteiger partial charge in [0.25, 0.3) is 0 Å². The second kappa shape index (κ2) is 4.26. The molecule has 0 fully saturated rings. The number of allylic oxidation sites excluding steroid dienone is 1. The molecule has 0 saturated heterocycles. The first-order valence-corrected chi connectivity index (χ1v) is 6.05. The number of carboxylic acid groups (broad SMARTS) is 1. The quantitative estimate of drug-likeness (QED) is 0.875. The highest BCUT2D eigenvalue weighted by Crippen LogP contribution is 2.34. The number of hydrogen-bond acceptors (Lipinski definition) is 2. The standard InChI is InChI=1S/C15H13NO2/c17-15(18)14-3-1-2-13(14)11-4-5-12-9-16-7-6-10(12)8-11/h4-9H,1-3H2,(H,17,18). The Morgan fingerprint density at radius 2 is 2.06 bits per heavy atom. The Balaban J connectivity index is 2.14. The van der Waals surface area contributed by atoms with Gasteiger partial charge in [0.15, 0.2) is 0 Å². The van der Waals surface area contributed by atoms with E-state index >= 15 is 0 Å². The van der Waals surface area contributed by atoms with Crippen LogP contribution in [0.1, 0.15) is 24.8 Å². The van der Waals surface area contributed by atoms with Crippen LogP contribution in [0.15, 0.2) is 42.2 Å². The number of nitrogens with zero attached hydrogens (tertiary/aromatic N) is 1. The van der Waals surface area contributed by atoms with Crippen LogP contribution < -0.4 is 0 Å². The molecular formula is C15H13NO2. The highest BCUT2D eigenvalue weighted by atomic mass is 16.4. The Bertz CT molecular complexity index is 658. The highest BCUT2D eigenvalue weighted by Gasteiger charge is 2.21. The molecule has 1 aliphatic carbocycles. The lowest BCUT2D eigenvalue weighted by molar-refractivity contribution is -0.132. The smallest absolute Gasteiger partial charge is 0.331 e. The highest BCUT2D eigenvalue weighted by molar-refractivity contribution is 5.98. The molecule has 1 aromatic heterocycles. The first-order chi connectivity index (χ1) is 8.75. The Labute approximate surface area is 105 Å². The molecule has 2 aromatic rings. The monoisotopic (exact) mass is 239 g/mol. The van der Waals surface area contributed by atoms with Crippen LogP contribution in [-0.4, -0.2) is 16.1 Å². The Kier molecular flexibility index (Phi) is 2.59. The second-order valence-corrected chi connectivity index (χ2v) is 4.55. The van der Waals surface area contributed by atoms with Crippen molar-refractivity contribution in [1.82, 2.24) is 4.98 Å². The second-order valence-electron chi connectivity index (χ2n) is 4.55. The van der Waals surface area contributed by atoms with E-state index in [4.69, 9.17) is 0 Å². The number of fused-ring (bicyclic) bond motifs is 1. The van der Waals surface area contributed by atoms with Crippen LogP contribution in [0, 0.1) is 0 Å². The van der Waals surface area contributed by atoms with Gasteiger partial charge in [-0.2, -0.15) is 0 Å². The molecule has 1 aliphatic rings. The average Bonchev–Trinajstić information content (AvgIpc) is 2.87. The summed E-state index contributed by atoms with van der Waals surface area (Å²) in [4.78, 5) is 15.3. The van der Waals surface area contributed by atoms with Gasteiger partial charge in [0, 0.05) is 23.4 Å². The number of hydrogen-bond donors (Lipinski definition) is 1. The zero-order valence-electron chi connectivity index (χ0n) is 9.89. The van der Waals surface area contributed by atoms with Crippen LogP contribution in [0.3, 0.4) is 0 Å². The van der Waals surface area contributed by atoms with Gasteiger partial charge in [-0.3, -0.25) is 4.98 Å². The van der Waals surface area contributed by atoms with Gasteiger partial charge in [0.2, 0.25) is 0 Å². The van der Waals surface area contributed by atoms with E-state index in [1.165, 1.54) is 0 Å². The molecule has 0 bridgehead atoms. The number of aliphatic carboxylic acids is 1. The summed E-state index contributed by atoms with van der Waals surface area (Å²) >= 11 is 0. The molecule has 3 nitrogen and oxygen atoms in total. The fourth-order valence-corrected chi connectivity index (χ4v) is 2.57. The number of benzene rings is 1. The first-order valence-electron chi connectivity index (χ1n) is 6.05. The third-order valence-electron chi connectivity index (χ3n) is 3.47. The molecule has 1 N–H and O–H groups in total. The molecule has 3 rings (SSSR count). The molecule has 90 valence electrons. The zero-order valence-corrected chi connectivity index (χ0v) is 9.89. The average molecular weight is 239 g/mol. The molecular weight excluding hydrogens is 226 g/mol. The first kappa shape index (κ1) is 11.0. The maximum absolute atomic E-state index is 11.2. The third kappa shape index (κ3) is 1.78. The molecule has 0 amide bonds. The lowest BCUT2D eigenvalue weighted by Crippen LogP contribution is -1.99. The zero-order chi connectivity index (χ0) is 12.5. The van der Waals surface area contributed by atoms with E-state index in [9.17, 15) is 9.90 Å². The SMILES string of the molecule is O=C(O)C1=C(c2ccc3cnccc3c2)CCC1. The predicted octanol–water partition coefficient (Wildman–Crippen LogP) is 3.26. The van der Waals surface area contributed by atoms with Gasteiger partial charge in [0.05, 0.1) is 0 Å². The van der Waals surface area contributed by atoms with Gasteiger partial charge in [-0.15, -0.1) is 0 Å². The topological polar surface area (TPSA) is 50.2 Å². The van der Waals surface area contributed by atoms with Crippen LogP contribution >= 0.6 is 0 Å². The van der Waals surface area contributed by atoms with Gasteiger partial charge in [-0.1, -0.05) is 12.1 Å². The maximum atomic E-state index is 11.2. The maximum Gasteiger partial charge on any atom is 0.331 e. The fraction of sp³-hybridized carbons (Fsp3) is 0.200. The molecule has 0 atom stereocenters. The van der Waals surface area contributed by atoms with Crippen molar-refractivity contribution in [1.29, 1.82) is 0 Å². The predicted molar refractivity (Wildman–Crippen MR) is 70.1 cm³/mol. The van der Waals surface area contributed by atoms with E-state index in [1.54, 1.807) is 6.20 Å². The van der Waals surface area contributed by atoms with Crippen LogP contribution in [0.4, 0.5) is 0 Å². The summed E-state index contributed by atoms with van der Waals surface area (Å²) in [6, 6.07) is 8.01. The van der Waals surface area contributed by atoms with Crippen molar-refractivity contribution in [3.05, 3.63) is 47.8 Å². The lowest BCUT2D eigenvalue weighted by atomic mass is 9.99. The summed E-state index contributed by atoms with van der Waals surface area (Å²) in [6.45, 7) is 0. The molecule has 0 aliphatic heterocycles. The third-order valence-corrected chi connectivity index (χ3v) is 3.47. The summed E-state index contributed by atoms with van der Waals surface area (Å²) in [6.07, 6.45) is 6.05. The van der Waals surface area contributed by atoms with Crippen LogP contribution in [0.25, 0.3) is 16.3 Å². The van der Waals surface area contributed by atoms with Crippen molar-refractivity contribution in [3.63, 3.8) is 0 Å². The Morgan fingerprint density at radius 3 is 2.89 bits per heavy atom. The molecule has 0 spiro atoms. The minimum absolute atomic E-state index is 0.573. The summed E-state index contributed by atoms with van der Waals surface area (Å²) in [7, 11) is 0. The largest absolute Gasteiger partial charge is 0.478 e. The summed E-state index contributed by atoms with van der Waals surface area (Å²) in [5.41, 5.74) is 2.59. The molecule has 1 aromatic carbocycles. The van der Waals surface area contributed by atoms with Gasteiger partial charge < -0.3 is 5.11 Å². The van der Waals surface area contributed by atoms with Gasteiger partial charge in [0.1, 0.15) is 0 Å². The van der Waals surface area contributed by atoms with Gasteiger partial charge in [-0.25, -0.2) is 4.79 Å². The van der Waals surface area contributed by atoms with E-state index < -0.39 is 5.97 Å². The van der Waals surface area contributed by atoms with Crippen molar-refractivity contribution in [3.8, 4) is 0 Å². The summed E-state index contributed by atoms with van der Waals surface area (Å²) < 4.78 is 0. The molecule has 0 radical (unpaired) electrons. The normalized spacial score (nSPS) is 15.3. The molecule has 18 heavy (non-hydrogen) atoms. The van der Waals surface area contributed by atoms with Crippen molar-refractivity contribution in [2.24, 2.45) is 0 Å². The van der Waals surface area contributed by atoms with Gasteiger partial charge >= 0.3 is 5.97 Å². The lowest BCUT2D eigenvalue weighted by Gasteiger charge is -2.06. The van der Waals surface area contributed by atoms with E-state index in [-0.39, 0.29) is 0 Å². The molecule has 0 saturated carbocycles. The summed E-state index contributed by atoms with van der Waals surface area (Å²) in [5, 5.41) is 11.4. The number of pyridine rings is 1. The Hall–Kier alpha value is -2.16. The van der Waals surface area contributed by atoms with E-state index in [2.05, 4.69) is 11.1 Å². The molecule has 0 unspecified atom stereocenters. The van der Waals surface area contributed by atoms with Crippen molar-refractivity contribution >= 4 is 22.3 Å². The van der Waals surface area contributed by atoms with Crippen LogP contribution in [-0.2, 0) is 4.79 Å². The fourth-order valence-electron chi connectivity index (χ4n) is 2.57. The number of carboxylic acids is 1. The Morgan fingerprint density at radius 1 is 1.17 bits per heavy atom. The van der Waals surface area contributed by atoms with Crippen molar-refractivity contribution in [2.45, 2.75) is 19.3 Å². The van der Waals surface area contributed by atoms with E-state index in [0.29, 0.717) is 12.0 Å². The minimum atomic E-state index is -0.780. The molecule has 1 heterocycles. The summed E-state index contributed by atoms with van der Waals surface area (Å²) in [5.74, 6) is -0.780. The van der Waals surface area contributed by atoms with Gasteiger partial charge in [-0.05, 0) is 47.9 Å². The van der Waals surface area contributed by atoms with Crippen LogP contribution in [0.2, 0.25) is 0 Å². The molecule has 3 heteroatoms. The number of aromatic nitrogens is 1. The van der Waals surface area contributed by atoms with Crippen molar-refractivity contribution < 1.29 is 9.90 Å². The van der Waals surface area contributed by atoms with Crippen LogP contribution in [0.5, 0.6) is 0 Å². The van der Waals surface area contributed by atoms with E-state index in [0.717, 1.165) is 34.8 Å². The van der Waals surface area contributed by atoms with Crippen molar-refractivity contribution in [2.75, 3.05) is 0 Å². The minimum Gasteiger partial charge on any atom is -0.478 e.